The lowest BCUT2D eigenvalue weighted by Gasteiger charge is -2.27. The molecule has 2 aromatic rings. The van der Waals surface area contributed by atoms with Gasteiger partial charge in [0.25, 0.3) is 5.91 Å². The lowest BCUT2D eigenvalue weighted by Crippen LogP contribution is -2.28. The molecule has 4 nitrogen and oxygen atoms in total. The van der Waals surface area contributed by atoms with Gasteiger partial charge in [0, 0.05) is 19.7 Å². The van der Waals surface area contributed by atoms with Gasteiger partial charge in [-0.25, -0.2) is 0 Å². The molecule has 1 N–H and O–H groups in total. The second kappa shape index (κ2) is 9.79. The number of rotatable bonds is 4. The van der Waals surface area contributed by atoms with E-state index >= 15 is 0 Å². The van der Waals surface area contributed by atoms with Crippen LogP contribution in [0.1, 0.15) is 98.8 Å². The first-order valence-electron chi connectivity index (χ1n) is 14.3. The predicted molar refractivity (Wildman–Crippen MR) is 149 cm³/mol. The molecule has 1 amide bonds. The van der Waals surface area contributed by atoms with Crippen LogP contribution in [0.25, 0.3) is 11.4 Å². The van der Waals surface area contributed by atoms with Crippen LogP contribution < -0.4 is 0 Å². The molecular weight excluding hydrogens is 456 g/mol. The number of aliphatic hydroxyl groups excluding tert-OH is 1. The molecule has 194 valence electrons. The first-order valence-corrected chi connectivity index (χ1v) is 14.3. The third-order valence-corrected chi connectivity index (χ3v) is 9.53. The summed E-state index contributed by atoms with van der Waals surface area (Å²) in [5.41, 5.74) is 7.82. The topological polar surface area (TPSA) is 43.8 Å². The van der Waals surface area contributed by atoms with Crippen LogP contribution in [0.5, 0.6) is 0 Å². The highest BCUT2D eigenvalue weighted by molar-refractivity contribution is 6.16. The van der Waals surface area contributed by atoms with Crippen LogP contribution in [0.4, 0.5) is 0 Å². The number of fused-ring (bicyclic) bond motifs is 1. The van der Waals surface area contributed by atoms with Gasteiger partial charge in [0.2, 0.25) is 0 Å². The van der Waals surface area contributed by atoms with Gasteiger partial charge in [-0.2, -0.15) is 0 Å². The van der Waals surface area contributed by atoms with Gasteiger partial charge in [-0.15, -0.1) is 0 Å². The molecule has 2 fully saturated rings. The third kappa shape index (κ3) is 4.24. The summed E-state index contributed by atoms with van der Waals surface area (Å²) in [6, 6.07) is 17.5. The van der Waals surface area contributed by atoms with E-state index in [-0.39, 0.29) is 5.91 Å². The van der Waals surface area contributed by atoms with Crippen molar-refractivity contribution < 1.29 is 9.90 Å². The zero-order chi connectivity index (χ0) is 25.7. The number of aliphatic hydroxyl groups is 1. The van der Waals surface area contributed by atoms with E-state index in [1.807, 2.05) is 19.0 Å². The Balaban J connectivity index is 1.34. The standard InChI is InChI=1S/C33H40N2O2/c1-21-9-11-23(12-10-21)25-15-19-27(20-16-25)31-29-28(32(36)35(31)3)30(34(2)33(29)37)26-17-13-24(14-18-26)22-7-5-4-6-8-22/h13-23,32,36H,4-12H2,1-3H3. The first kappa shape index (κ1) is 24.5. The average Bonchev–Trinajstić information content (AvgIpc) is 3.34. The maximum Gasteiger partial charge on any atom is 0.260 e. The molecule has 2 aliphatic heterocycles. The van der Waals surface area contributed by atoms with Crippen molar-refractivity contribution in [2.45, 2.75) is 82.8 Å². The zero-order valence-electron chi connectivity index (χ0n) is 22.5. The van der Waals surface area contributed by atoms with E-state index in [9.17, 15) is 9.90 Å². The summed E-state index contributed by atoms with van der Waals surface area (Å²) >= 11 is 0. The van der Waals surface area contributed by atoms with Crippen LogP contribution in [0.2, 0.25) is 0 Å². The van der Waals surface area contributed by atoms with E-state index in [2.05, 4.69) is 55.5 Å². The fourth-order valence-electron chi connectivity index (χ4n) is 7.21. The van der Waals surface area contributed by atoms with Crippen molar-refractivity contribution in [3.05, 3.63) is 81.9 Å². The summed E-state index contributed by atoms with van der Waals surface area (Å²) < 4.78 is 0. The van der Waals surface area contributed by atoms with Crippen molar-refractivity contribution in [1.82, 2.24) is 9.80 Å². The Kier molecular flexibility index (Phi) is 6.48. The largest absolute Gasteiger partial charge is 0.369 e. The molecule has 1 unspecified atom stereocenters. The number of benzene rings is 2. The SMILES string of the molecule is CC1CCC(c2ccc(C3=C4C(=O)N(C)C(c5ccc(C6CCCCC6)cc5)=C4C(O)N3C)cc2)CC1. The molecule has 0 aromatic heterocycles. The molecule has 4 aliphatic rings. The minimum atomic E-state index is -0.841. The maximum absolute atomic E-state index is 13.6. The van der Waals surface area contributed by atoms with Gasteiger partial charge < -0.3 is 14.9 Å². The fraction of sp³-hybridized carbons (Fsp3) is 0.485. The number of hydrogen-bond acceptors (Lipinski definition) is 3. The quantitative estimate of drug-likeness (QED) is 0.501. The second-order valence-corrected chi connectivity index (χ2v) is 11.9. The van der Waals surface area contributed by atoms with E-state index in [1.54, 1.807) is 4.90 Å². The molecule has 0 radical (unpaired) electrons. The minimum Gasteiger partial charge on any atom is -0.369 e. The van der Waals surface area contributed by atoms with Crippen molar-refractivity contribution in [2.75, 3.05) is 14.1 Å². The summed E-state index contributed by atoms with van der Waals surface area (Å²) in [6.45, 7) is 2.36. The number of nitrogens with zero attached hydrogens (tertiary/aromatic N) is 2. The lowest BCUT2D eigenvalue weighted by atomic mass is 9.79. The zero-order valence-corrected chi connectivity index (χ0v) is 22.5. The number of likely N-dealkylation sites (N-methyl/N-ethyl adjacent to an activating group) is 2. The Labute approximate surface area is 221 Å². The highest BCUT2D eigenvalue weighted by atomic mass is 16.3. The molecule has 0 spiro atoms. The average molecular weight is 497 g/mol. The van der Waals surface area contributed by atoms with Gasteiger partial charge in [0.05, 0.1) is 17.0 Å². The molecule has 0 bridgehead atoms. The van der Waals surface area contributed by atoms with E-state index < -0.39 is 6.23 Å². The van der Waals surface area contributed by atoms with Crippen molar-refractivity contribution in [2.24, 2.45) is 5.92 Å². The predicted octanol–water partition coefficient (Wildman–Crippen LogP) is 6.89. The Bertz CT molecular complexity index is 1230. The summed E-state index contributed by atoms with van der Waals surface area (Å²) in [4.78, 5) is 17.2. The van der Waals surface area contributed by atoms with E-state index in [4.69, 9.17) is 0 Å². The fourth-order valence-corrected chi connectivity index (χ4v) is 7.21. The van der Waals surface area contributed by atoms with Crippen molar-refractivity contribution >= 4 is 17.3 Å². The molecule has 2 aliphatic carbocycles. The Morgan fingerprint density at radius 2 is 1.22 bits per heavy atom. The van der Waals surface area contributed by atoms with Gasteiger partial charge in [-0.05, 0) is 65.7 Å². The number of carbonyl (C=O) groups is 1. The molecule has 2 heterocycles. The van der Waals surface area contributed by atoms with Crippen LogP contribution in [0.15, 0.2) is 59.7 Å². The Morgan fingerprint density at radius 3 is 1.78 bits per heavy atom. The second-order valence-electron chi connectivity index (χ2n) is 11.9. The molecule has 6 rings (SSSR count). The minimum absolute atomic E-state index is 0.0369. The van der Waals surface area contributed by atoms with Crippen molar-refractivity contribution in [3.8, 4) is 0 Å². The molecule has 0 saturated heterocycles. The third-order valence-electron chi connectivity index (χ3n) is 9.53. The molecule has 2 saturated carbocycles. The van der Waals surface area contributed by atoms with Gasteiger partial charge >= 0.3 is 0 Å². The van der Waals surface area contributed by atoms with Crippen molar-refractivity contribution in [3.63, 3.8) is 0 Å². The van der Waals surface area contributed by atoms with E-state index in [0.717, 1.165) is 34.0 Å². The van der Waals surface area contributed by atoms with Crippen LogP contribution in [-0.4, -0.2) is 41.1 Å². The van der Waals surface area contributed by atoms with Crippen molar-refractivity contribution in [1.29, 1.82) is 0 Å². The maximum atomic E-state index is 13.6. The summed E-state index contributed by atoms with van der Waals surface area (Å²) in [5.74, 6) is 2.08. The smallest absolute Gasteiger partial charge is 0.260 e. The van der Waals surface area contributed by atoms with Gasteiger partial charge in [-0.3, -0.25) is 4.79 Å². The van der Waals surface area contributed by atoms with Gasteiger partial charge in [0.15, 0.2) is 6.23 Å². The normalized spacial score (nSPS) is 26.9. The highest BCUT2D eigenvalue weighted by Gasteiger charge is 2.46. The van der Waals surface area contributed by atoms with E-state index in [0.29, 0.717) is 17.4 Å². The van der Waals surface area contributed by atoms with Crippen LogP contribution in [0, 0.1) is 5.92 Å². The molecular formula is C33H40N2O2. The van der Waals surface area contributed by atoms with Gasteiger partial charge in [-0.1, -0.05) is 87.6 Å². The summed E-state index contributed by atoms with van der Waals surface area (Å²) in [5, 5.41) is 11.4. The Morgan fingerprint density at radius 1 is 0.703 bits per heavy atom. The molecule has 1 atom stereocenters. The van der Waals surface area contributed by atoms with Crippen LogP contribution in [-0.2, 0) is 4.79 Å². The molecule has 4 heteroatoms. The molecule has 37 heavy (non-hydrogen) atoms. The Hall–Kier alpha value is -2.85. The first-order chi connectivity index (χ1) is 17.9. The van der Waals surface area contributed by atoms with E-state index in [1.165, 1.54) is 68.9 Å². The number of carbonyl (C=O) groups excluding carboxylic acids is 1. The molecule has 2 aromatic carbocycles. The van der Waals surface area contributed by atoms with Crippen LogP contribution in [0.3, 0.4) is 0 Å². The summed E-state index contributed by atoms with van der Waals surface area (Å²) in [7, 11) is 3.73. The number of amides is 1. The number of hydrogen-bond donors (Lipinski definition) is 1. The highest BCUT2D eigenvalue weighted by Crippen LogP contribution is 2.47. The summed E-state index contributed by atoms with van der Waals surface area (Å²) in [6.07, 6.45) is 10.8. The monoisotopic (exact) mass is 496 g/mol. The van der Waals surface area contributed by atoms with Gasteiger partial charge in [0.1, 0.15) is 0 Å². The lowest BCUT2D eigenvalue weighted by molar-refractivity contribution is -0.122. The van der Waals surface area contributed by atoms with Crippen LogP contribution >= 0.6 is 0 Å².